The summed E-state index contributed by atoms with van der Waals surface area (Å²) in [7, 11) is 0. The molecule has 1 amide bonds. The molecule has 1 N–H and O–H groups in total. The van der Waals surface area contributed by atoms with Crippen molar-refractivity contribution >= 4 is 29.1 Å². The van der Waals surface area contributed by atoms with Gasteiger partial charge in [0.25, 0.3) is 5.91 Å². The highest BCUT2D eigenvalue weighted by Gasteiger charge is 2.42. The molecular weight excluding hydrogens is 338 g/mol. The van der Waals surface area contributed by atoms with Crippen molar-refractivity contribution in [2.75, 3.05) is 0 Å². The smallest absolute Gasteiger partial charge is 0.337 e. The van der Waals surface area contributed by atoms with Crippen molar-refractivity contribution in [1.82, 2.24) is 5.32 Å². The van der Waals surface area contributed by atoms with Crippen LogP contribution in [0.5, 0.6) is 0 Å². The normalized spacial score (nSPS) is 12.8. The lowest BCUT2D eigenvalue weighted by molar-refractivity contribution is -0.155. The van der Waals surface area contributed by atoms with Crippen LogP contribution in [0.25, 0.3) is 0 Å². The summed E-state index contributed by atoms with van der Waals surface area (Å²) in [5.74, 6) is -0.984. The summed E-state index contributed by atoms with van der Waals surface area (Å²) in [6.45, 7) is 0. The number of benzene rings is 2. The van der Waals surface area contributed by atoms with E-state index in [4.69, 9.17) is 23.2 Å². The zero-order chi connectivity index (χ0) is 16.3. The van der Waals surface area contributed by atoms with Crippen molar-refractivity contribution in [3.8, 4) is 0 Å². The molecule has 22 heavy (non-hydrogen) atoms. The second-order valence-electron chi connectivity index (χ2n) is 4.46. The van der Waals surface area contributed by atoms with Crippen molar-refractivity contribution in [1.29, 1.82) is 0 Å². The largest absolute Gasteiger partial charge is 0.412 e. The van der Waals surface area contributed by atoms with Crippen LogP contribution in [0.1, 0.15) is 22.0 Å². The van der Waals surface area contributed by atoms with Crippen LogP contribution in [0.4, 0.5) is 13.2 Å². The minimum absolute atomic E-state index is 0.0148. The van der Waals surface area contributed by atoms with Gasteiger partial charge in [0, 0.05) is 0 Å². The Kier molecular flexibility index (Phi) is 4.98. The van der Waals surface area contributed by atoms with Crippen LogP contribution in [-0.2, 0) is 0 Å². The lowest BCUT2D eigenvalue weighted by Crippen LogP contribution is -2.38. The molecule has 0 saturated carbocycles. The van der Waals surface area contributed by atoms with Gasteiger partial charge in [-0.2, -0.15) is 13.2 Å². The van der Waals surface area contributed by atoms with E-state index in [-0.39, 0.29) is 21.2 Å². The Hall–Kier alpha value is -1.72. The molecule has 1 unspecified atom stereocenters. The topological polar surface area (TPSA) is 29.1 Å². The van der Waals surface area contributed by atoms with Gasteiger partial charge < -0.3 is 5.32 Å². The molecule has 0 saturated heterocycles. The second kappa shape index (κ2) is 6.58. The van der Waals surface area contributed by atoms with E-state index in [1.54, 1.807) is 6.07 Å². The molecule has 0 aromatic heterocycles. The Balaban J connectivity index is 2.34. The fourth-order valence-electron chi connectivity index (χ4n) is 1.92. The van der Waals surface area contributed by atoms with Gasteiger partial charge in [0.05, 0.1) is 15.6 Å². The van der Waals surface area contributed by atoms with Gasteiger partial charge in [0.15, 0.2) is 6.04 Å². The molecule has 0 bridgehead atoms. The van der Waals surface area contributed by atoms with Gasteiger partial charge in [0.1, 0.15) is 0 Å². The van der Waals surface area contributed by atoms with Gasteiger partial charge in [-0.15, -0.1) is 0 Å². The number of nitrogens with one attached hydrogen (secondary N) is 1. The Morgan fingerprint density at radius 1 is 0.955 bits per heavy atom. The monoisotopic (exact) mass is 347 g/mol. The van der Waals surface area contributed by atoms with E-state index in [0.717, 1.165) is 0 Å². The molecule has 2 aromatic carbocycles. The van der Waals surface area contributed by atoms with Crippen molar-refractivity contribution < 1.29 is 18.0 Å². The first kappa shape index (κ1) is 16.6. The zero-order valence-electron chi connectivity index (χ0n) is 11.0. The van der Waals surface area contributed by atoms with Crippen molar-refractivity contribution in [2.24, 2.45) is 0 Å². The molecular formula is C15H10Cl2F3NO. The highest BCUT2D eigenvalue weighted by molar-refractivity contribution is 6.39. The third-order valence-electron chi connectivity index (χ3n) is 2.93. The SMILES string of the molecule is O=C(NC(c1ccccc1)C(F)(F)F)c1c(Cl)cccc1Cl. The van der Waals surface area contributed by atoms with Crippen LogP contribution in [0.2, 0.25) is 10.0 Å². The molecule has 0 heterocycles. The predicted octanol–water partition coefficient (Wildman–Crippen LogP) is 5.03. The van der Waals surface area contributed by atoms with E-state index in [1.807, 2.05) is 5.32 Å². The Labute approximate surface area is 134 Å². The van der Waals surface area contributed by atoms with Crippen molar-refractivity contribution in [3.63, 3.8) is 0 Å². The van der Waals surface area contributed by atoms with Crippen molar-refractivity contribution in [2.45, 2.75) is 12.2 Å². The summed E-state index contributed by atoms with van der Waals surface area (Å²) in [6, 6.07) is 9.20. The van der Waals surface area contributed by atoms with E-state index in [2.05, 4.69) is 0 Å². The highest BCUT2D eigenvalue weighted by atomic mass is 35.5. The van der Waals surface area contributed by atoms with Crippen molar-refractivity contribution in [3.05, 3.63) is 69.7 Å². The number of carbonyl (C=O) groups excluding carboxylic acids is 1. The maximum atomic E-state index is 13.2. The fourth-order valence-corrected chi connectivity index (χ4v) is 2.49. The minimum Gasteiger partial charge on any atom is -0.337 e. The lowest BCUT2D eigenvalue weighted by atomic mass is 10.1. The van der Waals surface area contributed by atoms with Gasteiger partial charge in [-0.1, -0.05) is 59.6 Å². The van der Waals surface area contributed by atoms with Gasteiger partial charge in [-0.3, -0.25) is 4.79 Å². The molecule has 0 aliphatic heterocycles. The fraction of sp³-hybridized carbons (Fsp3) is 0.133. The number of hydrogen-bond acceptors (Lipinski definition) is 1. The number of amides is 1. The van der Waals surface area contributed by atoms with Gasteiger partial charge in [-0.25, -0.2) is 0 Å². The number of rotatable bonds is 3. The summed E-state index contributed by atoms with van der Waals surface area (Å²) in [5, 5.41) is 1.91. The Morgan fingerprint density at radius 2 is 1.50 bits per heavy atom. The number of alkyl halides is 3. The Morgan fingerprint density at radius 3 is 2.00 bits per heavy atom. The third kappa shape index (κ3) is 3.72. The lowest BCUT2D eigenvalue weighted by Gasteiger charge is -2.22. The maximum Gasteiger partial charge on any atom is 0.412 e. The summed E-state index contributed by atoms with van der Waals surface area (Å²) in [6.07, 6.45) is -4.65. The standard InChI is InChI=1S/C15H10Cl2F3NO/c16-10-7-4-8-11(17)12(10)14(22)21-13(15(18,19)20)9-5-2-1-3-6-9/h1-8,13H,(H,21,22). The number of halogens is 5. The average Bonchev–Trinajstić information content (AvgIpc) is 2.44. The molecule has 0 aliphatic rings. The third-order valence-corrected chi connectivity index (χ3v) is 3.56. The molecule has 2 aromatic rings. The first-order chi connectivity index (χ1) is 10.3. The van der Waals surface area contributed by atoms with E-state index in [0.29, 0.717) is 0 Å². The molecule has 0 radical (unpaired) electrons. The van der Waals surface area contributed by atoms with Crippen LogP contribution in [0.15, 0.2) is 48.5 Å². The van der Waals surface area contributed by atoms with E-state index < -0.39 is 18.1 Å². The molecule has 7 heteroatoms. The maximum absolute atomic E-state index is 13.2. The highest BCUT2D eigenvalue weighted by Crippen LogP contribution is 2.33. The first-order valence-corrected chi connectivity index (χ1v) is 6.93. The number of hydrogen-bond donors (Lipinski definition) is 1. The van der Waals surface area contributed by atoms with E-state index in [1.165, 1.54) is 42.5 Å². The molecule has 0 aliphatic carbocycles. The van der Waals surface area contributed by atoms with Crippen LogP contribution in [0.3, 0.4) is 0 Å². The van der Waals surface area contributed by atoms with Gasteiger partial charge in [0.2, 0.25) is 0 Å². The summed E-state index contributed by atoms with van der Waals surface area (Å²) in [4.78, 5) is 12.1. The van der Waals surface area contributed by atoms with Crippen LogP contribution in [0, 0.1) is 0 Å². The molecule has 2 rings (SSSR count). The molecule has 0 spiro atoms. The van der Waals surface area contributed by atoms with Gasteiger partial charge in [-0.05, 0) is 17.7 Å². The summed E-state index contributed by atoms with van der Waals surface area (Å²) >= 11 is 11.7. The minimum atomic E-state index is -4.65. The molecule has 2 nitrogen and oxygen atoms in total. The summed E-state index contributed by atoms with van der Waals surface area (Å²) in [5.41, 5.74) is -0.262. The number of carbonyl (C=O) groups is 1. The van der Waals surface area contributed by atoms with E-state index >= 15 is 0 Å². The average molecular weight is 348 g/mol. The quantitative estimate of drug-likeness (QED) is 0.829. The van der Waals surface area contributed by atoms with E-state index in [9.17, 15) is 18.0 Å². The van der Waals surface area contributed by atoms with Crippen LogP contribution < -0.4 is 5.32 Å². The predicted molar refractivity (Wildman–Crippen MR) is 79.2 cm³/mol. The van der Waals surface area contributed by atoms with Crippen LogP contribution in [-0.4, -0.2) is 12.1 Å². The zero-order valence-corrected chi connectivity index (χ0v) is 12.5. The molecule has 116 valence electrons. The Bertz CT molecular complexity index is 654. The van der Waals surface area contributed by atoms with Gasteiger partial charge >= 0.3 is 6.18 Å². The molecule has 1 atom stereocenters. The van der Waals surface area contributed by atoms with Crippen LogP contribution >= 0.6 is 23.2 Å². The second-order valence-corrected chi connectivity index (χ2v) is 5.27. The first-order valence-electron chi connectivity index (χ1n) is 6.17. The summed E-state index contributed by atoms with van der Waals surface area (Å²) < 4.78 is 39.6. The molecule has 0 fully saturated rings.